The van der Waals surface area contributed by atoms with Crippen LogP contribution in [0.2, 0.25) is 0 Å². The zero-order chi connectivity index (χ0) is 55.7. The highest BCUT2D eigenvalue weighted by molar-refractivity contribution is 6.00. The molecule has 410 valence electrons. The van der Waals surface area contributed by atoms with Crippen molar-refractivity contribution in [3.05, 3.63) is 206 Å². The van der Waals surface area contributed by atoms with Crippen molar-refractivity contribution in [1.29, 1.82) is 0 Å². The molecular weight excluding hydrogens is 993 g/mol. The summed E-state index contributed by atoms with van der Waals surface area (Å²) in [7, 11) is 1.26. The Bertz CT molecular complexity index is 2880. The van der Waals surface area contributed by atoms with E-state index < -0.39 is 46.8 Å². The number of non-ortho nitro benzene ring substituents is 1. The number of carboxylic acids is 1. The van der Waals surface area contributed by atoms with Gasteiger partial charge in [-0.3, -0.25) is 39.6 Å². The standard InChI is InChI=1S/C35H38N4O6.C26H32N2O5/c1-24-30(34(40)44-3)32(28-15-10-16-29(23-28)39(42)43)31(25(2)36-24)35(41)45-22-21-37-17-19-38(20-18-37)33(26-11-6-4-7-12-26)27-13-8-5-9-14-27;1-3-33-26(32)23(14-13-19-9-5-4-6-10-19)27-18(2)25(31)28(17-24(29)30)22-15-20-11-7-8-12-21(20)16-22/h4-16,23,32-33,36H,17-22H2,1-3H3;4-12,18,22-23,27H,3,13-17H2,1-2H3,(H,29,30)/t;18-,23-/m.0/s1. The molecule has 78 heavy (non-hydrogen) atoms. The van der Waals surface area contributed by atoms with Crippen molar-refractivity contribution in [2.75, 3.05) is 59.6 Å². The molecule has 0 saturated carbocycles. The second-order valence-corrected chi connectivity index (χ2v) is 19.6. The third-order valence-electron chi connectivity index (χ3n) is 14.5. The molecule has 0 spiro atoms. The van der Waals surface area contributed by atoms with Gasteiger partial charge >= 0.3 is 23.9 Å². The number of aliphatic carboxylic acids is 1. The van der Waals surface area contributed by atoms with Crippen LogP contribution in [-0.4, -0.2) is 132 Å². The smallest absolute Gasteiger partial charge is 0.336 e. The number of fused-ring (bicyclic) bond motifs is 1. The number of ether oxygens (including phenoxy) is 3. The van der Waals surface area contributed by atoms with Crippen LogP contribution in [0, 0.1) is 10.1 Å². The summed E-state index contributed by atoms with van der Waals surface area (Å²) in [5.41, 5.74) is 7.62. The lowest BCUT2D eigenvalue weighted by Gasteiger charge is -2.39. The number of carbonyl (C=O) groups is 5. The topological polar surface area (TPSA) is 210 Å². The van der Waals surface area contributed by atoms with Gasteiger partial charge in [-0.1, -0.05) is 127 Å². The number of nitrogens with zero attached hydrogens (tertiary/aromatic N) is 4. The Morgan fingerprint density at radius 2 is 1.33 bits per heavy atom. The molecule has 3 atom stereocenters. The maximum Gasteiger partial charge on any atom is 0.336 e. The van der Waals surface area contributed by atoms with Crippen LogP contribution < -0.4 is 10.6 Å². The number of rotatable bonds is 21. The first kappa shape index (κ1) is 57.7. The summed E-state index contributed by atoms with van der Waals surface area (Å²) in [6.45, 7) is 10.8. The maximum absolute atomic E-state index is 13.6. The molecule has 1 aliphatic carbocycles. The molecule has 5 aromatic carbocycles. The Balaban J connectivity index is 0.000000238. The first-order valence-corrected chi connectivity index (χ1v) is 26.5. The monoisotopic (exact) mass is 1060 g/mol. The van der Waals surface area contributed by atoms with E-state index >= 15 is 0 Å². The van der Waals surface area contributed by atoms with Crippen LogP contribution in [0.5, 0.6) is 0 Å². The molecular formula is C61H70N6O11. The van der Waals surface area contributed by atoms with Gasteiger partial charge in [0.15, 0.2) is 0 Å². The van der Waals surface area contributed by atoms with E-state index in [1.165, 1.54) is 41.3 Å². The second-order valence-electron chi connectivity index (χ2n) is 19.6. The number of methoxy groups -OCH3 is 1. The van der Waals surface area contributed by atoms with Crippen LogP contribution in [0.25, 0.3) is 0 Å². The van der Waals surface area contributed by atoms with Crippen molar-refractivity contribution in [1.82, 2.24) is 25.3 Å². The number of allylic oxidation sites excluding steroid dienone is 2. The second kappa shape index (κ2) is 27.9. The number of aryl methyl sites for hydroxylation is 1. The van der Waals surface area contributed by atoms with Gasteiger partial charge in [0.2, 0.25) is 5.91 Å². The summed E-state index contributed by atoms with van der Waals surface area (Å²) >= 11 is 0. The summed E-state index contributed by atoms with van der Waals surface area (Å²) in [6, 6.07) is 43.2. The van der Waals surface area contributed by atoms with Crippen molar-refractivity contribution in [2.24, 2.45) is 0 Å². The van der Waals surface area contributed by atoms with Gasteiger partial charge < -0.3 is 29.5 Å². The zero-order valence-corrected chi connectivity index (χ0v) is 45.0. The van der Waals surface area contributed by atoms with Gasteiger partial charge in [-0.05, 0) is 86.8 Å². The number of nitro benzene ring substituents is 1. The molecule has 2 heterocycles. The molecule has 3 aliphatic rings. The van der Waals surface area contributed by atoms with Crippen molar-refractivity contribution >= 4 is 35.5 Å². The summed E-state index contributed by atoms with van der Waals surface area (Å²) in [6.07, 6.45) is 2.36. The summed E-state index contributed by atoms with van der Waals surface area (Å²) < 4.78 is 16.1. The molecule has 8 rings (SSSR count). The predicted molar refractivity (Wildman–Crippen MR) is 295 cm³/mol. The van der Waals surface area contributed by atoms with Gasteiger partial charge in [-0.15, -0.1) is 0 Å². The van der Waals surface area contributed by atoms with Gasteiger partial charge in [-0.2, -0.15) is 0 Å². The summed E-state index contributed by atoms with van der Waals surface area (Å²) in [5.74, 6) is -3.90. The quantitative estimate of drug-likeness (QED) is 0.0280. The van der Waals surface area contributed by atoms with Crippen LogP contribution >= 0.6 is 0 Å². The van der Waals surface area contributed by atoms with E-state index in [1.54, 1.807) is 33.8 Å². The van der Waals surface area contributed by atoms with E-state index in [9.17, 15) is 39.2 Å². The van der Waals surface area contributed by atoms with E-state index in [1.807, 2.05) is 66.7 Å². The lowest BCUT2D eigenvalue weighted by molar-refractivity contribution is -0.384. The number of amides is 1. The predicted octanol–water partition coefficient (Wildman–Crippen LogP) is 7.56. The molecule has 1 fully saturated rings. The Morgan fingerprint density at radius 1 is 0.769 bits per heavy atom. The first-order chi connectivity index (χ1) is 37.7. The van der Waals surface area contributed by atoms with Gasteiger partial charge in [-0.25, -0.2) is 9.59 Å². The molecule has 1 unspecified atom stereocenters. The molecule has 3 N–H and O–H groups in total. The average Bonchev–Trinajstić information content (AvgIpc) is 3.99. The Kier molecular flexibility index (Phi) is 20.6. The number of nitro groups is 1. The minimum atomic E-state index is -1.06. The molecule has 0 aromatic heterocycles. The summed E-state index contributed by atoms with van der Waals surface area (Å²) in [4.78, 5) is 81.2. The number of hydrogen-bond acceptors (Lipinski definition) is 14. The minimum absolute atomic E-state index is 0.140. The van der Waals surface area contributed by atoms with Crippen molar-refractivity contribution < 1.29 is 48.2 Å². The number of dihydropyridines is 1. The largest absolute Gasteiger partial charge is 0.480 e. The lowest BCUT2D eigenvalue weighted by Crippen LogP contribution is -2.54. The first-order valence-electron chi connectivity index (χ1n) is 26.5. The molecule has 0 radical (unpaired) electrons. The molecule has 0 bridgehead atoms. The van der Waals surface area contributed by atoms with E-state index in [2.05, 4.69) is 69.0 Å². The van der Waals surface area contributed by atoms with Crippen molar-refractivity contribution in [2.45, 2.75) is 83.5 Å². The number of hydrogen-bond donors (Lipinski definition) is 3. The highest BCUT2D eigenvalue weighted by atomic mass is 16.6. The number of piperazine rings is 1. The fourth-order valence-corrected chi connectivity index (χ4v) is 10.6. The van der Waals surface area contributed by atoms with E-state index in [0.29, 0.717) is 49.2 Å². The number of esters is 3. The van der Waals surface area contributed by atoms with Crippen molar-refractivity contribution in [3.63, 3.8) is 0 Å². The van der Waals surface area contributed by atoms with Crippen LogP contribution in [0.1, 0.15) is 79.5 Å². The highest BCUT2D eigenvalue weighted by Crippen LogP contribution is 2.40. The Labute approximate surface area is 456 Å². The van der Waals surface area contributed by atoms with E-state index in [4.69, 9.17) is 14.2 Å². The fourth-order valence-electron chi connectivity index (χ4n) is 10.6. The van der Waals surface area contributed by atoms with Crippen molar-refractivity contribution in [3.8, 4) is 0 Å². The van der Waals surface area contributed by atoms with Gasteiger partial charge in [0.1, 0.15) is 19.2 Å². The normalized spacial score (nSPS) is 16.5. The number of carboxylic acid groups (broad SMARTS) is 1. The van der Waals surface area contributed by atoms with E-state index in [-0.39, 0.29) is 54.6 Å². The Hall–Kier alpha value is -7.99. The Morgan fingerprint density at radius 3 is 1.88 bits per heavy atom. The number of benzene rings is 5. The van der Waals surface area contributed by atoms with Crippen LogP contribution in [0.15, 0.2) is 162 Å². The number of carbonyl (C=O) groups excluding carboxylic acids is 4. The molecule has 1 saturated heterocycles. The molecule has 17 nitrogen and oxygen atoms in total. The minimum Gasteiger partial charge on any atom is -0.480 e. The number of nitrogens with one attached hydrogen (secondary N) is 2. The average molecular weight is 1060 g/mol. The highest BCUT2D eigenvalue weighted by Gasteiger charge is 2.39. The summed E-state index contributed by atoms with van der Waals surface area (Å²) in [5, 5.41) is 27.2. The third kappa shape index (κ3) is 14.9. The fraction of sp³-hybridized carbons (Fsp3) is 0.361. The molecule has 5 aromatic rings. The molecule has 2 aliphatic heterocycles. The van der Waals surface area contributed by atoms with Gasteiger partial charge in [0.25, 0.3) is 5.69 Å². The zero-order valence-electron chi connectivity index (χ0n) is 45.0. The van der Waals surface area contributed by atoms with Gasteiger partial charge in [0, 0.05) is 62.3 Å². The van der Waals surface area contributed by atoms with Crippen LogP contribution in [0.4, 0.5) is 5.69 Å². The third-order valence-corrected chi connectivity index (χ3v) is 14.5. The lowest BCUT2D eigenvalue weighted by atomic mass is 9.80. The van der Waals surface area contributed by atoms with Gasteiger partial charge in [0.05, 0.1) is 47.8 Å². The van der Waals surface area contributed by atoms with E-state index in [0.717, 1.165) is 42.9 Å². The van der Waals surface area contributed by atoms with Crippen LogP contribution in [-0.2, 0) is 57.4 Å². The van der Waals surface area contributed by atoms with Crippen LogP contribution in [0.3, 0.4) is 0 Å². The maximum atomic E-state index is 13.6. The molecule has 1 amide bonds. The molecule has 17 heteroatoms. The SMILES string of the molecule is CCOC(=O)[C@H](CCc1ccccc1)N[C@@H](C)C(=O)N(CC(=O)O)C1Cc2ccccc2C1.COC(=O)C1=C(C)NC(C)=C(C(=O)OCCN2CCN(C(c3ccccc3)c3ccccc3)CC2)C1c1cccc([N+](=O)[O-])c1.